The van der Waals surface area contributed by atoms with Gasteiger partial charge in [0.2, 0.25) is 11.8 Å². The van der Waals surface area contributed by atoms with Gasteiger partial charge in [-0.3, -0.25) is 14.4 Å². The molecular formula is C10H16N2O5. The summed E-state index contributed by atoms with van der Waals surface area (Å²) in [6, 6.07) is -1.51. The lowest BCUT2D eigenvalue weighted by Crippen LogP contribution is -2.64. The van der Waals surface area contributed by atoms with Crippen molar-refractivity contribution in [2.75, 3.05) is 7.11 Å². The fraction of sp³-hybridized carbons (Fsp3) is 0.700. The number of hydrogen-bond acceptors (Lipinski definition) is 4. The van der Waals surface area contributed by atoms with Crippen LogP contribution in [0.15, 0.2) is 0 Å². The zero-order valence-electron chi connectivity index (χ0n) is 9.73. The molecule has 1 aliphatic rings. The number of carbonyl (C=O) groups excluding carboxylic acids is 2. The van der Waals surface area contributed by atoms with E-state index in [4.69, 9.17) is 9.84 Å². The van der Waals surface area contributed by atoms with Crippen LogP contribution in [-0.2, 0) is 19.1 Å². The molecule has 2 amide bonds. The molecule has 3 N–H and O–H groups in total. The van der Waals surface area contributed by atoms with Crippen molar-refractivity contribution < 1.29 is 24.2 Å². The van der Waals surface area contributed by atoms with E-state index in [0.717, 1.165) is 0 Å². The van der Waals surface area contributed by atoms with E-state index >= 15 is 0 Å². The second-order valence-corrected chi connectivity index (χ2v) is 3.92. The van der Waals surface area contributed by atoms with E-state index in [-0.39, 0.29) is 24.7 Å². The van der Waals surface area contributed by atoms with Gasteiger partial charge in [-0.05, 0) is 13.3 Å². The molecule has 1 fully saturated rings. The van der Waals surface area contributed by atoms with Crippen molar-refractivity contribution in [3.8, 4) is 0 Å². The van der Waals surface area contributed by atoms with Gasteiger partial charge in [-0.2, -0.15) is 0 Å². The summed E-state index contributed by atoms with van der Waals surface area (Å²) < 4.78 is 4.97. The second-order valence-electron chi connectivity index (χ2n) is 3.92. The van der Waals surface area contributed by atoms with Crippen molar-refractivity contribution in [2.24, 2.45) is 0 Å². The summed E-state index contributed by atoms with van der Waals surface area (Å²) in [7, 11) is 1.45. The van der Waals surface area contributed by atoms with Crippen LogP contribution >= 0.6 is 0 Å². The number of amides is 2. The molecule has 17 heavy (non-hydrogen) atoms. The van der Waals surface area contributed by atoms with Gasteiger partial charge in [0, 0.05) is 13.5 Å². The average molecular weight is 244 g/mol. The summed E-state index contributed by atoms with van der Waals surface area (Å²) in [5.41, 5.74) is 0. The molecule has 7 heteroatoms. The van der Waals surface area contributed by atoms with Crippen LogP contribution in [0.5, 0.6) is 0 Å². The van der Waals surface area contributed by atoms with Crippen LogP contribution in [0.1, 0.15) is 19.8 Å². The highest BCUT2D eigenvalue weighted by Gasteiger charge is 2.36. The van der Waals surface area contributed by atoms with E-state index < -0.39 is 24.2 Å². The molecule has 3 atom stereocenters. The quantitative estimate of drug-likeness (QED) is 0.567. The van der Waals surface area contributed by atoms with E-state index in [1.54, 1.807) is 6.92 Å². The van der Waals surface area contributed by atoms with E-state index in [9.17, 15) is 14.4 Å². The smallest absolute Gasteiger partial charge is 0.303 e. The average Bonchev–Trinajstić information content (AvgIpc) is 2.28. The Morgan fingerprint density at radius 2 is 2.06 bits per heavy atom. The Bertz CT molecular complexity index is 331. The number of piperazine rings is 1. The first-order chi connectivity index (χ1) is 7.95. The molecule has 0 radical (unpaired) electrons. The number of carboxylic acid groups (broad SMARTS) is 1. The van der Waals surface area contributed by atoms with Gasteiger partial charge in [-0.25, -0.2) is 0 Å². The Kier molecular flexibility index (Phi) is 4.45. The van der Waals surface area contributed by atoms with Crippen LogP contribution < -0.4 is 10.6 Å². The lowest BCUT2D eigenvalue weighted by Gasteiger charge is -2.31. The summed E-state index contributed by atoms with van der Waals surface area (Å²) >= 11 is 0. The topological polar surface area (TPSA) is 105 Å². The van der Waals surface area contributed by atoms with Crippen LogP contribution in [0.25, 0.3) is 0 Å². The number of methoxy groups -OCH3 is 1. The first-order valence-corrected chi connectivity index (χ1v) is 5.31. The Morgan fingerprint density at radius 1 is 1.41 bits per heavy atom. The van der Waals surface area contributed by atoms with Crippen LogP contribution in [0.2, 0.25) is 0 Å². The molecular weight excluding hydrogens is 228 g/mol. The largest absolute Gasteiger partial charge is 0.481 e. The maximum absolute atomic E-state index is 11.6. The second kappa shape index (κ2) is 5.62. The first-order valence-electron chi connectivity index (χ1n) is 5.31. The zero-order valence-corrected chi connectivity index (χ0v) is 9.73. The predicted octanol–water partition coefficient (Wildman–Crippen LogP) is -1.13. The first kappa shape index (κ1) is 13.4. The number of carbonyl (C=O) groups is 3. The van der Waals surface area contributed by atoms with Gasteiger partial charge in [0.25, 0.3) is 0 Å². The third-order valence-corrected chi connectivity index (χ3v) is 2.70. The molecule has 0 aromatic heterocycles. The highest BCUT2D eigenvalue weighted by Crippen LogP contribution is 2.08. The molecule has 1 saturated heterocycles. The molecule has 96 valence electrons. The van der Waals surface area contributed by atoms with Crippen molar-refractivity contribution in [1.29, 1.82) is 0 Å². The number of ether oxygens (including phenoxy) is 1. The van der Waals surface area contributed by atoms with Crippen LogP contribution in [0, 0.1) is 0 Å². The monoisotopic (exact) mass is 244 g/mol. The Labute approximate surface area is 98.5 Å². The van der Waals surface area contributed by atoms with Crippen LogP contribution in [0.4, 0.5) is 0 Å². The van der Waals surface area contributed by atoms with Gasteiger partial charge in [0.15, 0.2) is 0 Å². The van der Waals surface area contributed by atoms with Crippen molar-refractivity contribution in [2.45, 2.75) is 38.0 Å². The summed E-state index contributed by atoms with van der Waals surface area (Å²) in [6.07, 6.45) is -0.511. The number of aliphatic carboxylic acids is 1. The summed E-state index contributed by atoms with van der Waals surface area (Å²) in [4.78, 5) is 33.6. The molecule has 1 aliphatic heterocycles. The minimum Gasteiger partial charge on any atom is -0.481 e. The van der Waals surface area contributed by atoms with Crippen molar-refractivity contribution in [1.82, 2.24) is 10.6 Å². The van der Waals surface area contributed by atoms with Crippen LogP contribution in [0.3, 0.4) is 0 Å². The minimum atomic E-state index is -1.00. The van der Waals surface area contributed by atoms with Gasteiger partial charge in [0.1, 0.15) is 12.1 Å². The van der Waals surface area contributed by atoms with Crippen molar-refractivity contribution in [3.05, 3.63) is 0 Å². The van der Waals surface area contributed by atoms with Gasteiger partial charge in [-0.15, -0.1) is 0 Å². The SMILES string of the molecule is COC(C)C1NC(=O)C(CCC(=O)O)NC1=O. The van der Waals surface area contributed by atoms with E-state index in [1.165, 1.54) is 7.11 Å². The number of hydrogen-bond donors (Lipinski definition) is 3. The predicted molar refractivity (Wildman–Crippen MR) is 57.2 cm³/mol. The minimum absolute atomic E-state index is 0.0843. The molecule has 0 spiro atoms. The molecule has 3 unspecified atom stereocenters. The maximum Gasteiger partial charge on any atom is 0.303 e. The van der Waals surface area contributed by atoms with Crippen molar-refractivity contribution >= 4 is 17.8 Å². The molecule has 1 rings (SSSR count). The van der Waals surface area contributed by atoms with E-state index in [1.807, 2.05) is 0 Å². The standard InChI is InChI=1S/C10H16N2O5/c1-5(17-2)8-10(16)11-6(9(15)12-8)3-4-7(13)14/h5-6,8H,3-4H2,1-2H3,(H,11,16)(H,12,15)(H,13,14). The zero-order chi connectivity index (χ0) is 13.0. The highest BCUT2D eigenvalue weighted by molar-refractivity contribution is 5.97. The van der Waals surface area contributed by atoms with E-state index in [2.05, 4.69) is 10.6 Å². The maximum atomic E-state index is 11.6. The molecule has 0 aromatic carbocycles. The highest BCUT2D eigenvalue weighted by atomic mass is 16.5. The fourth-order valence-corrected chi connectivity index (χ4v) is 1.58. The molecule has 7 nitrogen and oxygen atoms in total. The number of rotatable bonds is 5. The summed E-state index contributed by atoms with van der Waals surface area (Å²) in [5, 5.41) is 13.5. The molecule has 0 aliphatic carbocycles. The van der Waals surface area contributed by atoms with Gasteiger partial charge in [-0.1, -0.05) is 0 Å². The van der Waals surface area contributed by atoms with E-state index in [0.29, 0.717) is 0 Å². The number of carboxylic acids is 1. The molecule has 0 aromatic rings. The Morgan fingerprint density at radius 3 is 2.59 bits per heavy atom. The molecule has 1 heterocycles. The van der Waals surface area contributed by atoms with Gasteiger partial charge in [0.05, 0.1) is 6.10 Å². The molecule has 0 saturated carbocycles. The fourth-order valence-electron chi connectivity index (χ4n) is 1.58. The normalized spacial score (nSPS) is 26.0. The number of nitrogens with one attached hydrogen (secondary N) is 2. The summed E-state index contributed by atoms with van der Waals surface area (Å²) in [5.74, 6) is -1.73. The third-order valence-electron chi connectivity index (χ3n) is 2.70. The summed E-state index contributed by atoms with van der Waals surface area (Å²) in [6.45, 7) is 1.67. The van der Waals surface area contributed by atoms with Crippen molar-refractivity contribution in [3.63, 3.8) is 0 Å². The lowest BCUT2D eigenvalue weighted by atomic mass is 10.0. The van der Waals surface area contributed by atoms with Gasteiger partial charge >= 0.3 is 5.97 Å². The van der Waals surface area contributed by atoms with Crippen LogP contribution in [-0.4, -0.2) is 48.2 Å². The molecule has 0 bridgehead atoms. The Hall–Kier alpha value is -1.63. The third kappa shape index (κ3) is 3.42. The Balaban J connectivity index is 2.58. The van der Waals surface area contributed by atoms with Gasteiger partial charge < -0.3 is 20.5 Å². The lowest BCUT2D eigenvalue weighted by molar-refractivity contribution is -0.141.